The number of aryl methyl sites for hydroxylation is 1. The van der Waals surface area contributed by atoms with Crippen LogP contribution in [0.4, 0.5) is 0 Å². The van der Waals surface area contributed by atoms with Crippen LogP contribution < -0.4 is 19.8 Å². The van der Waals surface area contributed by atoms with Crippen molar-refractivity contribution in [2.45, 2.75) is 13.5 Å². The minimum absolute atomic E-state index is 0.0813. The Morgan fingerprint density at radius 3 is 2.36 bits per heavy atom. The average Bonchev–Trinajstić information content (AvgIpc) is 2.72. The molecule has 142 valence electrons. The van der Waals surface area contributed by atoms with Crippen molar-refractivity contribution < 1.29 is 14.2 Å². The van der Waals surface area contributed by atoms with Crippen LogP contribution in [0, 0.1) is 18.3 Å². The lowest BCUT2D eigenvalue weighted by atomic mass is 9.99. The minimum Gasteiger partial charge on any atom is -0.497 e. The molecule has 6 nitrogen and oxygen atoms in total. The summed E-state index contributed by atoms with van der Waals surface area (Å²) < 4.78 is 16.4. The Labute approximate surface area is 162 Å². The summed E-state index contributed by atoms with van der Waals surface area (Å²) in [5, 5.41) is 9.39. The van der Waals surface area contributed by atoms with Crippen LogP contribution in [0.25, 0.3) is 11.1 Å². The van der Waals surface area contributed by atoms with E-state index >= 15 is 0 Å². The zero-order chi connectivity index (χ0) is 20.1. The average molecular weight is 376 g/mol. The number of pyridine rings is 1. The molecule has 0 saturated heterocycles. The number of H-pyrrole nitrogens is 1. The number of benzene rings is 2. The molecule has 0 bridgehead atoms. The number of nitrogens with zero attached hydrogens (tertiary/aromatic N) is 1. The van der Waals surface area contributed by atoms with Gasteiger partial charge in [0.2, 0.25) is 0 Å². The number of nitriles is 1. The van der Waals surface area contributed by atoms with E-state index in [-0.39, 0.29) is 12.2 Å². The second-order valence-electron chi connectivity index (χ2n) is 6.17. The second-order valence-corrected chi connectivity index (χ2v) is 6.17. The van der Waals surface area contributed by atoms with Gasteiger partial charge in [0.25, 0.3) is 5.56 Å². The Bertz CT molecular complexity index is 1080. The highest BCUT2D eigenvalue weighted by atomic mass is 16.5. The molecular formula is C22H20N2O4. The summed E-state index contributed by atoms with van der Waals surface area (Å²) in [4.78, 5) is 14.8. The molecule has 28 heavy (non-hydrogen) atoms. The third kappa shape index (κ3) is 3.99. The number of nitrogens with one attached hydrogen (secondary N) is 1. The molecule has 0 amide bonds. The zero-order valence-corrected chi connectivity index (χ0v) is 15.9. The van der Waals surface area contributed by atoms with Crippen LogP contribution in [0.5, 0.6) is 17.2 Å². The first kappa shape index (κ1) is 19.1. The number of hydrogen-bond acceptors (Lipinski definition) is 5. The predicted molar refractivity (Wildman–Crippen MR) is 106 cm³/mol. The van der Waals surface area contributed by atoms with Crippen molar-refractivity contribution in [2.75, 3.05) is 14.2 Å². The van der Waals surface area contributed by atoms with Gasteiger partial charge in [-0.3, -0.25) is 4.79 Å². The summed E-state index contributed by atoms with van der Waals surface area (Å²) in [6, 6.07) is 16.6. The van der Waals surface area contributed by atoms with Crippen molar-refractivity contribution in [1.82, 2.24) is 4.98 Å². The Hall–Kier alpha value is -3.72. The van der Waals surface area contributed by atoms with Crippen LogP contribution in [-0.4, -0.2) is 19.2 Å². The maximum Gasteiger partial charge on any atom is 0.266 e. The molecule has 0 aliphatic rings. The Kier molecular flexibility index (Phi) is 5.66. The normalized spacial score (nSPS) is 10.2. The van der Waals surface area contributed by atoms with E-state index in [1.54, 1.807) is 33.3 Å². The Balaban J connectivity index is 1.94. The van der Waals surface area contributed by atoms with Crippen molar-refractivity contribution in [3.8, 4) is 34.4 Å². The molecule has 3 aromatic rings. The highest BCUT2D eigenvalue weighted by Crippen LogP contribution is 2.29. The first-order chi connectivity index (χ1) is 13.5. The van der Waals surface area contributed by atoms with E-state index in [0.29, 0.717) is 22.8 Å². The summed E-state index contributed by atoms with van der Waals surface area (Å²) in [6.07, 6.45) is 0. The lowest BCUT2D eigenvalue weighted by Gasteiger charge is -2.13. The molecule has 1 N–H and O–H groups in total. The molecule has 6 heteroatoms. The quantitative estimate of drug-likeness (QED) is 0.707. The van der Waals surface area contributed by atoms with Crippen molar-refractivity contribution >= 4 is 0 Å². The van der Waals surface area contributed by atoms with E-state index in [1.807, 2.05) is 42.5 Å². The highest BCUT2D eigenvalue weighted by molar-refractivity contribution is 5.71. The van der Waals surface area contributed by atoms with Gasteiger partial charge in [-0.1, -0.05) is 6.07 Å². The molecule has 3 rings (SSSR count). The molecule has 0 saturated carbocycles. The SMILES string of the molecule is COc1ccc(OCc2cc(-c3cc(C)[nH]c(=O)c3C#N)ccc2OC)cc1. The fourth-order valence-corrected chi connectivity index (χ4v) is 2.92. The largest absolute Gasteiger partial charge is 0.497 e. The van der Waals surface area contributed by atoms with E-state index < -0.39 is 5.56 Å². The smallest absolute Gasteiger partial charge is 0.266 e. The maximum atomic E-state index is 12.1. The molecular weight excluding hydrogens is 356 g/mol. The molecule has 0 spiro atoms. The number of rotatable bonds is 6. The fourth-order valence-electron chi connectivity index (χ4n) is 2.92. The number of aromatic nitrogens is 1. The van der Waals surface area contributed by atoms with E-state index in [1.165, 1.54) is 0 Å². The predicted octanol–water partition coefficient (Wildman–Crippen LogP) is 3.82. The lowest BCUT2D eigenvalue weighted by molar-refractivity contribution is 0.296. The molecule has 0 aliphatic heterocycles. The van der Waals surface area contributed by atoms with Gasteiger partial charge in [-0.2, -0.15) is 5.26 Å². The number of methoxy groups -OCH3 is 2. The van der Waals surface area contributed by atoms with E-state index in [9.17, 15) is 10.1 Å². The monoisotopic (exact) mass is 376 g/mol. The Morgan fingerprint density at radius 2 is 1.71 bits per heavy atom. The van der Waals surface area contributed by atoms with Crippen LogP contribution in [0.3, 0.4) is 0 Å². The lowest BCUT2D eigenvalue weighted by Crippen LogP contribution is -2.12. The fraction of sp³-hybridized carbons (Fsp3) is 0.182. The minimum atomic E-state index is -0.399. The van der Waals surface area contributed by atoms with Crippen molar-refractivity contribution in [3.05, 3.63) is 75.7 Å². The molecule has 0 atom stereocenters. The third-order valence-corrected chi connectivity index (χ3v) is 4.32. The third-order valence-electron chi connectivity index (χ3n) is 4.32. The van der Waals surface area contributed by atoms with Gasteiger partial charge in [-0.15, -0.1) is 0 Å². The summed E-state index contributed by atoms with van der Waals surface area (Å²) in [7, 11) is 3.20. The molecule has 1 heterocycles. The Morgan fingerprint density at radius 1 is 1.00 bits per heavy atom. The van der Waals surface area contributed by atoms with Crippen LogP contribution >= 0.6 is 0 Å². The van der Waals surface area contributed by atoms with Gasteiger partial charge in [0.15, 0.2) is 0 Å². The molecule has 0 fully saturated rings. The molecule has 0 aliphatic carbocycles. The second kappa shape index (κ2) is 8.31. The van der Waals surface area contributed by atoms with Gasteiger partial charge in [-0.05, 0) is 55.0 Å². The van der Waals surface area contributed by atoms with Gasteiger partial charge in [0, 0.05) is 16.8 Å². The molecule has 2 aromatic carbocycles. The first-order valence-electron chi connectivity index (χ1n) is 8.64. The number of ether oxygens (including phenoxy) is 3. The summed E-state index contributed by atoms with van der Waals surface area (Å²) in [5.74, 6) is 2.11. The first-order valence-corrected chi connectivity index (χ1v) is 8.64. The van der Waals surface area contributed by atoms with Crippen LogP contribution in [0.15, 0.2) is 53.3 Å². The van der Waals surface area contributed by atoms with Crippen molar-refractivity contribution in [3.63, 3.8) is 0 Å². The van der Waals surface area contributed by atoms with Gasteiger partial charge in [0.1, 0.15) is 35.5 Å². The maximum absolute atomic E-state index is 12.1. The zero-order valence-electron chi connectivity index (χ0n) is 15.9. The van der Waals surface area contributed by atoms with Gasteiger partial charge >= 0.3 is 0 Å². The van der Waals surface area contributed by atoms with E-state index in [2.05, 4.69) is 4.98 Å². The van der Waals surface area contributed by atoms with Crippen molar-refractivity contribution in [1.29, 1.82) is 5.26 Å². The van der Waals surface area contributed by atoms with Gasteiger partial charge < -0.3 is 19.2 Å². The standard InChI is InChI=1S/C22H20N2O4/c1-14-10-19(20(12-23)22(25)24-14)15-4-9-21(27-3)16(11-15)13-28-18-7-5-17(26-2)6-8-18/h4-11H,13H2,1-3H3,(H,24,25). The topological polar surface area (TPSA) is 84.3 Å². The van der Waals surface area contributed by atoms with E-state index in [0.717, 1.165) is 16.9 Å². The molecule has 1 aromatic heterocycles. The van der Waals surface area contributed by atoms with Crippen LogP contribution in [0.2, 0.25) is 0 Å². The van der Waals surface area contributed by atoms with Crippen LogP contribution in [0.1, 0.15) is 16.8 Å². The summed E-state index contributed by atoms with van der Waals surface area (Å²) in [6.45, 7) is 2.05. The van der Waals surface area contributed by atoms with E-state index in [4.69, 9.17) is 14.2 Å². The number of aromatic amines is 1. The van der Waals surface area contributed by atoms with Crippen molar-refractivity contribution in [2.24, 2.45) is 0 Å². The molecule has 0 radical (unpaired) electrons. The highest BCUT2D eigenvalue weighted by Gasteiger charge is 2.13. The number of hydrogen-bond donors (Lipinski definition) is 1. The van der Waals surface area contributed by atoms with Gasteiger partial charge in [-0.25, -0.2) is 0 Å². The summed E-state index contributed by atoms with van der Waals surface area (Å²) >= 11 is 0. The molecule has 0 unspecified atom stereocenters. The van der Waals surface area contributed by atoms with Crippen LogP contribution in [-0.2, 0) is 6.61 Å². The summed E-state index contributed by atoms with van der Waals surface area (Å²) in [5.41, 5.74) is 2.50. The van der Waals surface area contributed by atoms with Gasteiger partial charge in [0.05, 0.1) is 14.2 Å².